The van der Waals surface area contributed by atoms with Gasteiger partial charge in [-0.05, 0) is 57.5 Å². The van der Waals surface area contributed by atoms with Gasteiger partial charge in [-0.3, -0.25) is 4.79 Å². The standard InChI is InChI=1S/C29H35F3N8O2/c1-3-25(41)40-16-15-39(17-20(40)10-11-33)26-22-8-6-14-38(27-23(29(30,31)32)9-4-12-34-27)18-24(22)35-28(36-26)42-19-21-7-5-13-37(21)2/h3-4,9,12,20-21H,1,5-8,10,13-19H2,2H3/t20-,21-/m0/s1. The number of carbonyl (C=O) groups is 1. The van der Waals surface area contributed by atoms with Crippen LogP contribution in [0.2, 0.25) is 0 Å². The molecular weight excluding hydrogens is 549 g/mol. The zero-order valence-corrected chi connectivity index (χ0v) is 23.7. The van der Waals surface area contributed by atoms with Gasteiger partial charge in [0.1, 0.15) is 18.2 Å². The van der Waals surface area contributed by atoms with Gasteiger partial charge in [0.25, 0.3) is 0 Å². The predicted octanol–water partition coefficient (Wildman–Crippen LogP) is 3.43. The van der Waals surface area contributed by atoms with E-state index in [0.717, 1.165) is 31.0 Å². The molecule has 42 heavy (non-hydrogen) atoms. The molecule has 10 nitrogen and oxygen atoms in total. The van der Waals surface area contributed by atoms with E-state index in [1.54, 1.807) is 9.80 Å². The first-order chi connectivity index (χ1) is 20.2. The number of hydrogen-bond donors (Lipinski definition) is 0. The molecule has 0 aromatic carbocycles. The quantitative estimate of drug-likeness (QED) is 0.453. The molecule has 0 radical (unpaired) electrons. The number of alkyl halides is 3. The van der Waals surface area contributed by atoms with Gasteiger partial charge in [-0.25, -0.2) is 4.98 Å². The Morgan fingerprint density at radius 3 is 2.71 bits per heavy atom. The molecule has 0 spiro atoms. The molecule has 5 rings (SSSR count). The molecule has 2 aromatic rings. The number of carbonyl (C=O) groups excluding carboxylic acids is 1. The summed E-state index contributed by atoms with van der Waals surface area (Å²) in [5.41, 5.74) is 0.643. The zero-order chi connectivity index (χ0) is 29.9. The van der Waals surface area contributed by atoms with E-state index >= 15 is 0 Å². The summed E-state index contributed by atoms with van der Waals surface area (Å²) >= 11 is 0. The number of likely N-dealkylation sites (tertiary alicyclic amines) is 1. The van der Waals surface area contributed by atoms with Gasteiger partial charge in [-0.2, -0.15) is 28.4 Å². The van der Waals surface area contributed by atoms with E-state index in [1.165, 1.54) is 18.3 Å². The van der Waals surface area contributed by atoms with E-state index < -0.39 is 11.7 Å². The number of rotatable bonds is 7. The summed E-state index contributed by atoms with van der Waals surface area (Å²) in [6, 6.07) is 4.55. The van der Waals surface area contributed by atoms with Crippen LogP contribution in [0.25, 0.3) is 0 Å². The van der Waals surface area contributed by atoms with Crippen molar-refractivity contribution in [2.45, 2.75) is 56.9 Å². The summed E-state index contributed by atoms with van der Waals surface area (Å²) in [4.78, 5) is 33.7. The van der Waals surface area contributed by atoms with E-state index in [0.29, 0.717) is 57.1 Å². The van der Waals surface area contributed by atoms with E-state index in [1.807, 2.05) is 11.9 Å². The molecule has 2 saturated heterocycles. The fourth-order valence-corrected chi connectivity index (χ4v) is 6.06. The number of ether oxygens (including phenoxy) is 1. The lowest BCUT2D eigenvalue weighted by molar-refractivity contribution is -0.137. The maximum Gasteiger partial charge on any atom is 0.419 e. The maximum absolute atomic E-state index is 13.9. The lowest BCUT2D eigenvalue weighted by Gasteiger charge is -2.41. The van der Waals surface area contributed by atoms with Crippen molar-refractivity contribution in [2.75, 3.05) is 56.2 Å². The van der Waals surface area contributed by atoms with Crippen molar-refractivity contribution in [1.82, 2.24) is 24.8 Å². The molecule has 0 saturated carbocycles. The Morgan fingerprint density at radius 2 is 2.00 bits per heavy atom. The highest BCUT2D eigenvalue weighted by molar-refractivity contribution is 5.87. The SMILES string of the molecule is C=CC(=O)N1CCN(c2nc(OC[C@@H]3CCCN3C)nc3c2CCCN(c2ncccc2C(F)(F)F)C3)C[C@@H]1CC#N. The van der Waals surface area contributed by atoms with Crippen molar-refractivity contribution in [2.24, 2.45) is 0 Å². The highest BCUT2D eigenvalue weighted by atomic mass is 19.4. The second-order valence-electron chi connectivity index (χ2n) is 10.9. The molecular formula is C29H35F3N8O2. The highest BCUT2D eigenvalue weighted by Gasteiger charge is 2.37. The number of aromatic nitrogens is 3. The highest BCUT2D eigenvalue weighted by Crippen LogP contribution is 2.37. The van der Waals surface area contributed by atoms with E-state index in [2.05, 4.69) is 22.5 Å². The van der Waals surface area contributed by atoms with Crippen molar-refractivity contribution >= 4 is 17.5 Å². The summed E-state index contributed by atoms with van der Waals surface area (Å²) in [7, 11) is 2.05. The average Bonchev–Trinajstić information content (AvgIpc) is 3.26. The van der Waals surface area contributed by atoms with Crippen molar-refractivity contribution in [3.8, 4) is 12.1 Å². The minimum absolute atomic E-state index is 0.112. The smallest absolute Gasteiger partial charge is 0.419 e. The van der Waals surface area contributed by atoms with Crippen LogP contribution in [0, 0.1) is 11.3 Å². The Labute approximate surface area is 243 Å². The maximum atomic E-state index is 13.9. The molecule has 1 amide bonds. The van der Waals surface area contributed by atoms with Crippen LogP contribution in [0.4, 0.5) is 24.8 Å². The number of anilines is 2. The van der Waals surface area contributed by atoms with Gasteiger partial charge in [0, 0.05) is 44.0 Å². The van der Waals surface area contributed by atoms with Gasteiger partial charge in [-0.15, -0.1) is 0 Å². The first-order valence-electron chi connectivity index (χ1n) is 14.2. The van der Waals surface area contributed by atoms with Crippen LogP contribution in [0.15, 0.2) is 31.0 Å². The van der Waals surface area contributed by atoms with Gasteiger partial charge in [-0.1, -0.05) is 6.58 Å². The molecule has 0 bridgehead atoms. The number of amides is 1. The van der Waals surface area contributed by atoms with Crippen molar-refractivity contribution in [1.29, 1.82) is 5.26 Å². The molecule has 13 heteroatoms. The molecule has 3 aliphatic heterocycles. The summed E-state index contributed by atoms with van der Waals surface area (Å²) in [6.45, 7) is 6.68. The monoisotopic (exact) mass is 584 g/mol. The second kappa shape index (κ2) is 12.5. The lowest BCUT2D eigenvalue weighted by Crippen LogP contribution is -2.55. The number of pyridine rings is 1. The van der Waals surface area contributed by atoms with Crippen LogP contribution in [0.1, 0.15) is 42.5 Å². The fourth-order valence-electron chi connectivity index (χ4n) is 6.06. The molecule has 0 N–H and O–H groups in total. The van der Waals surface area contributed by atoms with Crippen LogP contribution < -0.4 is 14.5 Å². The lowest BCUT2D eigenvalue weighted by atomic mass is 10.1. The molecule has 3 aliphatic rings. The summed E-state index contributed by atoms with van der Waals surface area (Å²) in [5.74, 6) is 0.286. The van der Waals surface area contributed by atoms with E-state index in [-0.39, 0.29) is 42.8 Å². The van der Waals surface area contributed by atoms with Crippen LogP contribution in [-0.4, -0.2) is 89.1 Å². The third-order valence-electron chi connectivity index (χ3n) is 8.28. The van der Waals surface area contributed by atoms with Crippen molar-refractivity contribution in [3.63, 3.8) is 0 Å². The summed E-state index contributed by atoms with van der Waals surface area (Å²) in [6.07, 6.45) is 1.42. The molecule has 2 fully saturated rings. The van der Waals surface area contributed by atoms with Gasteiger partial charge < -0.3 is 24.3 Å². The van der Waals surface area contributed by atoms with Crippen LogP contribution in [0.3, 0.4) is 0 Å². The van der Waals surface area contributed by atoms with Crippen LogP contribution in [-0.2, 0) is 23.9 Å². The van der Waals surface area contributed by atoms with Gasteiger partial charge in [0.15, 0.2) is 0 Å². The van der Waals surface area contributed by atoms with Crippen LogP contribution in [0.5, 0.6) is 6.01 Å². The molecule has 0 aliphatic carbocycles. The number of hydrogen-bond acceptors (Lipinski definition) is 9. The Bertz CT molecular complexity index is 1350. The largest absolute Gasteiger partial charge is 0.462 e. The van der Waals surface area contributed by atoms with Gasteiger partial charge >= 0.3 is 12.2 Å². The number of nitrogens with zero attached hydrogens (tertiary/aromatic N) is 8. The number of piperazine rings is 1. The fraction of sp³-hybridized carbons (Fsp3) is 0.552. The van der Waals surface area contributed by atoms with Crippen molar-refractivity contribution < 1.29 is 22.7 Å². The third kappa shape index (κ3) is 6.28. The molecule has 2 aromatic heterocycles. The third-order valence-corrected chi connectivity index (χ3v) is 8.28. The van der Waals surface area contributed by atoms with Crippen molar-refractivity contribution in [3.05, 3.63) is 47.8 Å². The van der Waals surface area contributed by atoms with E-state index in [9.17, 15) is 23.2 Å². The van der Waals surface area contributed by atoms with Gasteiger partial charge in [0.2, 0.25) is 5.91 Å². The Kier molecular flexibility index (Phi) is 8.82. The first kappa shape index (κ1) is 29.6. The Morgan fingerprint density at radius 1 is 1.17 bits per heavy atom. The predicted molar refractivity (Wildman–Crippen MR) is 150 cm³/mol. The number of halogens is 3. The number of nitriles is 1. The van der Waals surface area contributed by atoms with E-state index in [4.69, 9.17) is 14.7 Å². The average molecular weight is 585 g/mol. The normalized spacial score (nSPS) is 21.5. The number of fused-ring (bicyclic) bond motifs is 1. The molecule has 0 unspecified atom stereocenters. The minimum Gasteiger partial charge on any atom is -0.462 e. The zero-order valence-electron chi connectivity index (χ0n) is 23.7. The summed E-state index contributed by atoms with van der Waals surface area (Å²) in [5, 5.41) is 9.46. The second-order valence-corrected chi connectivity index (χ2v) is 10.9. The molecule has 2 atom stereocenters. The summed E-state index contributed by atoms with van der Waals surface area (Å²) < 4.78 is 47.8. The first-order valence-corrected chi connectivity index (χ1v) is 14.2. The minimum atomic E-state index is -4.55. The van der Waals surface area contributed by atoms with Crippen LogP contribution >= 0.6 is 0 Å². The molecule has 224 valence electrons. The molecule has 5 heterocycles. The Hall–Kier alpha value is -3.92. The topological polar surface area (TPSA) is 102 Å². The van der Waals surface area contributed by atoms with Gasteiger partial charge in [0.05, 0.1) is 36.3 Å². The number of likely N-dealkylation sites (N-methyl/N-ethyl adjacent to an activating group) is 1. The Balaban J connectivity index is 1.50.